The molecule has 0 saturated heterocycles. The van der Waals surface area contributed by atoms with Crippen molar-refractivity contribution in [1.29, 1.82) is 0 Å². The van der Waals surface area contributed by atoms with E-state index in [1.165, 1.54) is 13.8 Å². The summed E-state index contributed by atoms with van der Waals surface area (Å²) in [5.74, 6) is -1.10. The molecule has 0 fully saturated rings. The van der Waals surface area contributed by atoms with E-state index in [4.69, 9.17) is 22.4 Å². The molecule has 0 aromatic heterocycles. The number of hydrogen-bond donors (Lipinski definition) is 3. The summed E-state index contributed by atoms with van der Waals surface area (Å²) in [4.78, 5) is -0.667. The second kappa shape index (κ2) is 5.53. The maximum absolute atomic E-state index is 13.9. The Balaban J connectivity index is 3.39. The van der Waals surface area contributed by atoms with Gasteiger partial charge in [-0.3, -0.25) is 0 Å². The molecule has 0 amide bonds. The molecule has 0 bridgehead atoms. The molecule has 1 aromatic carbocycles. The van der Waals surface area contributed by atoms with Crippen molar-refractivity contribution >= 4 is 43.2 Å². The van der Waals surface area contributed by atoms with Crippen molar-refractivity contribution in [1.82, 2.24) is 4.72 Å². The van der Waals surface area contributed by atoms with Gasteiger partial charge in [-0.2, -0.15) is 0 Å². The fourth-order valence-corrected chi connectivity index (χ4v) is 3.33. The first-order valence-corrected chi connectivity index (χ1v) is 7.75. The molecule has 0 spiro atoms. The fraction of sp³-hybridized carbons (Fsp3) is 0.400. The first-order valence-electron chi connectivity index (χ1n) is 5.09. The van der Waals surface area contributed by atoms with Crippen LogP contribution in [0, 0.1) is 5.82 Å². The summed E-state index contributed by atoms with van der Waals surface area (Å²) >= 11 is 8.72. The summed E-state index contributed by atoms with van der Waals surface area (Å²) < 4.78 is 40.3. The lowest BCUT2D eigenvalue weighted by atomic mass is 10.1. The average Bonchev–Trinajstić information content (AvgIpc) is 2.29. The molecule has 0 atom stereocenters. The van der Waals surface area contributed by atoms with E-state index in [-0.39, 0.29) is 9.50 Å². The van der Waals surface area contributed by atoms with E-state index in [9.17, 15) is 12.8 Å². The minimum absolute atomic E-state index is 0.0268. The SMILES string of the molecule is CC(C)(CO)NS(=O)(=O)c1cc(Cl)c(Br)c(N)c1F. The van der Waals surface area contributed by atoms with Gasteiger partial charge in [-0.05, 0) is 35.8 Å². The van der Waals surface area contributed by atoms with E-state index in [1.807, 2.05) is 0 Å². The Bertz CT molecular complexity index is 607. The molecule has 108 valence electrons. The van der Waals surface area contributed by atoms with E-state index < -0.39 is 38.6 Å². The third-order valence-corrected chi connectivity index (χ3v) is 5.33. The highest BCUT2D eigenvalue weighted by molar-refractivity contribution is 9.10. The summed E-state index contributed by atoms with van der Waals surface area (Å²) in [5.41, 5.74) is 3.90. The Hall–Kier alpha value is -0.410. The molecule has 0 saturated carbocycles. The van der Waals surface area contributed by atoms with Crippen molar-refractivity contribution in [2.45, 2.75) is 24.3 Å². The molecule has 0 aliphatic rings. The second-order valence-corrected chi connectivity index (χ2v) is 7.40. The number of nitrogen functional groups attached to an aromatic ring is 1. The van der Waals surface area contributed by atoms with Crippen LogP contribution in [-0.4, -0.2) is 25.7 Å². The molecule has 0 heterocycles. The van der Waals surface area contributed by atoms with Crippen molar-refractivity contribution in [2.24, 2.45) is 0 Å². The third-order valence-electron chi connectivity index (χ3n) is 2.25. The Kier molecular flexibility index (Phi) is 4.84. The van der Waals surface area contributed by atoms with Gasteiger partial charge in [0.25, 0.3) is 0 Å². The summed E-state index contributed by atoms with van der Waals surface area (Å²) in [6.07, 6.45) is 0. The maximum atomic E-state index is 13.9. The lowest BCUT2D eigenvalue weighted by Gasteiger charge is -2.23. The predicted molar refractivity (Wildman–Crippen MR) is 75.0 cm³/mol. The average molecular weight is 376 g/mol. The van der Waals surface area contributed by atoms with Gasteiger partial charge in [-0.25, -0.2) is 17.5 Å². The number of hydrogen-bond acceptors (Lipinski definition) is 4. The van der Waals surface area contributed by atoms with Gasteiger partial charge in [0, 0.05) is 0 Å². The third kappa shape index (κ3) is 3.57. The quantitative estimate of drug-likeness (QED) is 0.553. The highest BCUT2D eigenvalue weighted by atomic mass is 79.9. The Morgan fingerprint density at radius 2 is 2.11 bits per heavy atom. The number of nitrogens with one attached hydrogen (secondary N) is 1. The second-order valence-electron chi connectivity index (χ2n) is 4.55. The molecule has 0 unspecified atom stereocenters. The van der Waals surface area contributed by atoms with Crippen LogP contribution in [-0.2, 0) is 10.0 Å². The number of sulfonamides is 1. The Morgan fingerprint density at radius 1 is 1.58 bits per heavy atom. The van der Waals surface area contributed by atoms with E-state index in [2.05, 4.69) is 20.7 Å². The monoisotopic (exact) mass is 374 g/mol. The van der Waals surface area contributed by atoms with Crippen molar-refractivity contribution in [3.63, 3.8) is 0 Å². The molecule has 19 heavy (non-hydrogen) atoms. The first-order chi connectivity index (χ1) is 8.52. The topological polar surface area (TPSA) is 92.4 Å². The smallest absolute Gasteiger partial charge is 0.244 e. The highest BCUT2D eigenvalue weighted by Crippen LogP contribution is 2.34. The van der Waals surface area contributed by atoms with E-state index in [1.54, 1.807) is 0 Å². The number of nitrogens with two attached hydrogens (primary N) is 1. The van der Waals surface area contributed by atoms with Crippen LogP contribution >= 0.6 is 27.5 Å². The molecule has 4 N–H and O–H groups in total. The van der Waals surface area contributed by atoms with Crippen LogP contribution in [0.4, 0.5) is 10.1 Å². The molecule has 0 aliphatic heterocycles. The number of halogens is 3. The molecule has 0 radical (unpaired) electrons. The van der Waals surface area contributed by atoms with E-state index in [0.29, 0.717) is 0 Å². The lowest BCUT2D eigenvalue weighted by molar-refractivity contribution is 0.208. The van der Waals surface area contributed by atoms with Crippen LogP contribution in [0.3, 0.4) is 0 Å². The van der Waals surface area contributed by atoms with Crippen LogP contribution in [0.5, 0.6) is 0 Å². The normalized spacial score (nSPS) is 12.7. The Morgan fingerprint density at radius 3 is 2.58 bits per heavy atom. The number of aliphatic hydroxyl groups is 1. The minimum atomic E-state index is -4.19. The van der Waals surface area contributed by atoms with E-state index in [0.717, 1.165) is 6.07 Å². The van der Waals surface area contributed by atoms with Gasteiger partial charge in [-0.1, -0.05) is 11.6 Å². The van der Waals surface area contributed by atoms with E-state index >= 15 is 0 Å². The molecule has 5 nitrogen and oxygen atoms in total. The standard InChI is InChI=1S/C10H13BrClFN2O3S/c1-10(2,4-16)15-19(17,18)6-3-5(12)7(11)9(14)8(6)13/h3,15-16H,4,14H2,1-2H3. The van der Waals surface area contributed by atoms with Gasteiger partial charge < -0.3 is 10.8 Å². The van der Waals surface area contributed by atoms with Crippen LogP contribution < -0.4 is 10.5 Å². The highest BCUT2D eigenvalue weighted by Gasteiger charge is 2.29. The first kappa shape index (κ1) is 16.6. The number of aliphatic hydroxyl groups excluding tert-OH is 1. The van der Waals surface area contributed by atoms with Crippen LogP contribution in [0.1, 0.15) is 13.8 Å². The molecule has 0 aliphatic carbocycles. The molecular weight excluding hydrogens is 363 g/mol. The van der Waals surface area contributed by atoms with Crippen molar-refractivity contribution in [3.05, 3.63) is 21.4 Å². The molecular formula is C10H13BrClFN2O3S. The van der Waals surface area contributed by atoms with Crippen molar-refractivity contribution in [2.75, 3.05) is 12.3 Å². The Labute approximate surface area is 124 Å². The van der Waals surface area contributed by atoms with Crippen molar-refractivity contribution < 1.29 is 17.9 Å². The number of benzene rings is 1. The zero-order valence-electron chi connectivity index (χ0n) is 10.2. The number of anilines is 1. The van der Waals surface area contributed by atoms with Gasteiger partial charge in [0.05, 0.1) is 27.3 Å². The van der Waals surface area contributed by atoms with Gasteiger partial charge in [0.1, 0.15) is 4.90 Å². The minimum Gasteiger partial charge on any atom is -0.395 e. The molecule has 1 aromatic rings. The zero-order valence-corrected chi connectivity index (χ0v) is 13.3. The van der Waals surface area contributed by atoms with Gasteiger partial charge in [-0.15, -0.1) is 0 Å². The number of rotatable bonds is 4. The summed E-state index contributed by atoms with van der Waals surface area (Å²) in [5, 5.41) is 9.02. The fourth-order valence-electron chi connectivity index (χ4n) is 1.25. The van der Waals surface area contributed by atoms with Crippen LogP contribution in [0.25, 0.3) is 0 Å². The lowest BCUT2D eigenvalue weighted by Crippen LogP contribution is -2.46. The summed E-state index contributed by atoms with van der Waals surface area (Å²) in [7, 11) is -4.19. The van der Waals surface area contributed by atoms with Crippen LogP contribution in [0.15, 0.2) is 15.4 Å². The largest absolute Gasteiger partial charge is 0.395 e. The summed E-state index contributed by atoms with van der Waals surface area (Å²) in [6.45, 7) is 2.45. The van der Waals surface area contributed by atoms with Gasteiger partial charge in [0.2, 0.25) is 10.0 Å². The molecule has 9 heteroatoms. The maximum Gasteiger partial charge on any atom is 0.244 e. The summed E-state index contributed by atoms with van der Waals surface area (Å²) in [6, 6.07) is 0.952. The molecule has 1 rings (SSSR count). The van der Waals surface area contributed by atoms with Crippen molar-refractivity contribution in [3.8, 4) is 0 Å². The van der Waals surface area contributed by atoms with Gasteiger partial charge >= 0.3 is 0 Å². The predicted octanol–water partition coefficient (Wildman–Crippen LogP) is 1.87. The zero-order chi connectivity index (χ0) is 15.0. The van der Waals surface area contributed by atoms with Crippen LogP contribution in [0.2, 0.25) is 5.02 Å². The van der Waals surface area contributed by atoms with Gasteiger partial charge in [0.15, 0.2) is 5.82 Å².